The summed E-state index contributed by atoms with van der Waals surface area (Å²) in [5.74, 6) is 0.558. The van der Waals surface area contributed by atoms with Crippen LogP contribution in [-0.4, -0.2) is 50.5 Å². The predicted molar refractivity (Wildman–Crippen MR) is 173 cm³/mol. The van der Waals surface area contributed by atoms with Gasteiger partial charge >= 0.3 is 0 Å². The van der Waals surface area contributed by atoms with Gasteiger partial charge in [0.15, 0.2) is 0 Å². The summed E-state index contributed by atoms with van der Waals surface area (Å²) in [6, 6.07) is 11.3. The van der Waals surface area contributed by atoms with Crippen molar-refractivity contribution in [1.29, 1.82) is 0 Å². The van der Waals surface area contributed by atoms with Gasteiger partial charge < -0.3 is 14.7 Å². The topological polar surface area (TPSA) is 95.9 Å². The Kier molecular flexibility index (Phi) is 9.99. The molecule has 9 heteroatoms. The van der Waals surface area contributed by atoms with Crippen LogP contribution in [0, 0.1) is 23.7 Å². The fourth-order valence-electron chi connectivity index (χ4n) is 7.10. The average Bonchev–Trinajstić information content (AvgIpc) is 3.14. The summed E-state index contributed by atoms with van der Waals surface area (Å²) >= 11 is 6.42. The number of benzene rings is 2. The lowest BCUT2D eigenvalue weighted by Gasteiger charge is -2.43. The van der Waals surface area contributed by atoms with Gasteiger partial charge in [-0.25, -0.2) is 13.1 Å². The first-order valence-electron chi connectivity index (χ1n) is 16.0. The lowest BCUT2D eigenvalue weighted by molar-refractivity contribution is 0.00629. The van der Waals surface area contributed by atoms with Crippen molar-refractivity contribution < 1.29 is 23.1 Å². The third-order valence-electron chi connectivity index (χ3n) is 10.5. The van der Waals surface area contributed by atoms with Crippen molar-refractivity contribution in [2.45, 2.75) is 89.9 Å². The smallest absolute Gasteiger partial charge is 0.264 e. The summed E-state index contributed by atoms with van der Waals surface area (Å²) < 4.78 is 35.3. The summed E-state index contributed by atoms with van der Waals surface area (Å²) in [5, 5.41) is 11.3. The summed E-state index contributed by atoms with van der Waals surface area (Å²) in [5.41, 5.74) is 3.54. The van der Waals surface area contributed by atoms with Gasteiger partial charge in [-0.05, 0) is 111 Å². The highest BCUT2D eigenvalue weighted by Gasteiger charge is 2.40. The van der Waals surface area contributed by atoms with E-state index in [9.17, 15) is 18.3 Å². The van der Waals surface area contributed by atoms with Crippen molar-refractivity contribution in [3.63, 3.8) is 0 Å². The molecule has 0 radical (unpaired) electrons. The molecule has 2 aromatic carbocycles. The number of unbranched alkanes of at least 4 members (excludes halogenated alkanes) is 1. The van der Waals surface area contributed by atoms with Crippen molar-refractivity contribution in [2.75, 3.05) is 24.6 Å². The molecule has 236 valence electrons. The average molecular weight is 631 g/mol. The molecule has 0 saturated heterocycles. The number of amides is 1. The molecule has 0 unspecified atom stereocenters. The van der Waals surface area contributed by atoms with Crippen LogP contribution in [0.5, 0.6) is 5.75 Å². The first-order valence-corrected chi connectivity index (χ1v) is 17.9. The quantitative estimate of drug-likeness (QED) is 0.397. The molecule has 1 amide bonds. The fourth-order valence-corrected chi connectivity index (χ4v) is 8.69. The molecular formula is C34H47ClN2O5S. The Morgan fingerprint density at radius 3 is 2.56 bits per heavy atom. The number of aryl methyl sites for hydroxylation is 1. The molecule has 1 saturated carbocycles. The van der Waals surface area contributed by atoms with Gasteiger partial charge in [0.25, 0.3) is 5.91 Å². The van der Waals surface area contributed by atoms with E-state index in [1.54, 1.807) is 25.1 Å². The molecule has 2 bridgehead atoms. The van der Waals surface area contributed by atoms with Crippen molar-refractivity contribution in [1.82, 2.24) is 4.72 Å². The highest BCUT2D eigenvalue weighted by atomic mass is 35.5. The van der Waals surface area contributed by atoms with Crippen LogP contribution in [0.25, 0.3) is 0 Å². The van der Waals surface area contributed by atoms with E-state index in [2.05, 4.69) is 28.7 Å². The molecule has 3 aliphatic rings. The first-order chi connectivity index (χ1) is 20.5. The third kappa shape index (κ3) is 7.02. The molecule has 2 aliphatic heterocycles. The number of aliphatic hydroxyl groups is 1. The van der Waals surface area contributed by atoms with Gasteiger partial charge in [0.1, 0.15) is 5.75 Å². The van der Waals surface area contributed by atoms with Gasteiger partial charge in [-0.1, -0.05) is 44.9 Å². The van der Waals surface area contributed by atoms with Gasteiger partial charge in [-0.2, -0.15) is 0 Å². The van der Waals surface area contributed by atoms with Crippen molar-refractivity contribution in [3.8, 4) is 5.75 Å². The van der Waals surface area contributed by atoms with E-state index in [1.807, 2.05) is 19.9 Å². The minimum atomic E-state index is -3.91. The van der Waals surface area contributed by atoms with Gasteiger partial charge in [0.05, 0.1) is 23.6 Å². The van der Waals surface area contributed by atoms with Crippen LogP contribution in [0.4, 0.5) is 5.69 Å². The maximum absolute atomic E-state index is 13.4. The number of nitrogens with zero attached hydrogens (tertiary/aromatic N) is 1. The second-order valence-electron chi connectivity index (χ2n) is 13.2. The normalized spacial score (nSPS) is 31.2. The Morgan fingerprint density at radius 1 is 1.05 bits per heavy atom. The zero-order chi connectivity index (χ0) is 30.9. The molecular weight excluding hydrogens is 584 g/mol. The lowest BCUT2D eigenvalue weighted by Crippen LogP contribution is -2.45. The van der Waals surface area contributed by atoms with Gasteiger partial charge in [-0.3, -0.25) is 4.79 Å². The minimum absolute atomic E-state index is 0.0754. The van der Waals surface area contributed by atoms with Crippen LogP contribution >= 0.6 is 11.6 Å². The number of anilines is 1. The fraction of sp³-hybridized carbons (Fsp3) is 0.618. The number of halogens is 1. The maximum Gasteiger partial charge on any atom is 0.264 e. The van der Waals surface area contributed by atoms with E-state index < -0.39 is 27.3 Å². The third-order valence-corrected chi connectivity index (χ3v) is 12.6. The minimum Gasteiger partial charge on any atom is -0.491 e. The molecule has 7 nitrogen and oxygen atoms in total. The number of sulfonamides is 1. The standard InChI is InChI=1S/C34H47ClN2O5S/c1-5-6-7-24-16-28(35)11-13-29(24)27-19-37-18-26-9-12-30(26)32(38)14-8-21(2)22(3)23(4)43(40,41)36-34(39)25-10-15-33(42-20-27)31(37)17-25/h10-11,13,15-17,21-23,26-27,30,32,38H,5-9,12,14,18-20H2,1-4H3,(H,36,39)/t21-,22-,23+,26-,27-,30+,32-/m0/s1. The number of ether oxygens (including phenoxy) is 1. The zero-order valence-electron chi connectivity index (χ0n) is 25.9. The molecule has 5 rings (SSSR count). The molecule has 2 N–H and O–H groups in total. The van der Waals surface area contributed by atoms with Crippen LogP contribution < -0.4 is 14.4 Å². The van der Waals surface area contributed by atoms with E-state index in [0.29, 0.717) is 31.2 Å². The summed E-state index contributed by atoms with van der Waals surface area (Å²) in [6.45, 7) is 9.71. The zero-order valence-corrected chi connectivity index (χ0v) is 27.5. The lowest BCUT2D eigenvalue weighted by atomic mass is 9.69. The summed E-state index contributed by atoms with van der Waals surface area (Å²) in [6.07, 6.45) is 6.10. The van der Waals surface area contributed by atoms with Crippen molar-refractivity contribution >= 4 is 33.2 Å². The number of carbonyl (C=O) groups excluding carboxylic acids is 1. The highest BCUT2D eigenvalue weighted by molar-refractivity contribution is 7.90. The monoisotopic (exact) mass is 630 g/mol. The van der Waals surface area contributed by atoms with E-state index in [4.69, 9.17) is 16.3 Å². The van der Waals surface area contributed by atoms with E-state index in [-0.39, 0.29) is 29.2 Å². The number of nitrogens with one attached hydrogen (secondary N) is 1. The Labute approximate surface area is 262 Å². The van der Waals surface area contributed by atoms with Crippen molar-refractivity contribution in [2.24, 2.45) is 23.7 Å². The summed E-state index contributed by atoms with van der Waals surface area (Å²) in [4.78, 5) is 15.7. The molecule has 2 heterocycles. The molecule has 1 aliphatic carbocycles. The van der Waals surface area contributed by atoms with Gasteiger partial charge in [-0.15, -0.1) is 0 Å². The van der Waals surface area contributed by atoms with Crippen LogP contribution in [-0.2, 0) is 16.4 Å². The second kappa shape index (κ2) is 13.4. The molecule has 0 aromatic heterocycles. The molecule has 7 atom stereocenters. The Hall–Kier alpha value is -2.29. The number of fused-ring (bicyclic) bond motifs is 2. The number of hydrogen-bond donors (Lipinski definition) is 2. The SMILES string of the molecule is CCCCc1cc(Cl)ccc1[C@@H]1COc2ccc3cc2N(C1)C[C@@H]1CC[C@H]1[C@@H](O)CC[C@H](C)[C@H](C)[C@@H](C)S(=O)(=O)NC3=O. The number of carbonyl (C=O) groups is 1. The Bertz CT molecular complexity index is 1420. The highest BCUT2D eigenvalue weighted by Crippen LogP contribution is 2.43. The predicted octanol–water partition coefficient (Wildman–Crippen LogP) is 6.57. The first kappa shape index (κ1) is 32.1. The van der Waals surface area contributed by atoms with Gasteiger partial charge in [0, 0.05) is 29.6 Å². The molecule has 43 heavy (non-hydrogen) atoms. The second-order valence-corrected chi connectivity index (χ2v) is 15.7. The van der Waals surface area contributed by atoms with Crippen LogP contribution in [0.3, 0.4) is 0 Å². The van der Waals surface area contributed by atoms with Gasteiger partial charge in [0.2, 0.25) is 10.0 Å². The van der Waals surface area contributed by atoms with Crippen LogP contribution in [0.15, 0.2) is 36.4 Å². The van der Waals surface area contributed by atoms with Crippen molar-refractivity contribution in [3.05, 3.63) is 58.1 Å². The Balaban J connectivity index is 1.53. The van der Waals surface area contributed by atoms with Crippen LogP contribution in [0.1, 0.15) is 93.6 Å². The van der Waals surface area contributed by atoms with Crippen LogP contribution in [0.2, 0.25) is 5.02 Å². The largest absolute Gasteiger partial charge is 0.491 e. The number of rotatable bonds is 4. The maximum atomic E-state index is 13.4. The Morgan fingerprint density at radius 2 is 1.84 bits per heavy atom. The number of hydrogen-bond acceptors (Lipinski definition) is 6. The van der Waals surface area contributed by atoms with E-state index in [1.165, 1.54) is 11.1 Å². The van der Waals surface area contributed by atoms with E-state index >= 15 is 0 Å². The number of aliphatic hydroxyl groups excluding tert-OH is 1. The molecule has 1 fully saturated rings. The summed E-state index contributed by atoms with van der Waals surface area (Å²) in [7, 11) is -3.91. The molecule has 2 aromatic rings. The molecule has 0 spiro atoms. The van der Waals surface area contributed by atoms with E-state index in [0.717, 1.165) is 55.8 Å².